The Morgan fingerprint density at radius 2 is 2.00 bits per heavy atom. The fourth-order valence-electron chi connectivity index (χ4n) is 2.10. The summed E-state index contributed by atoms with van der Waals surface area (Å²) in [6, 6.07) is 2.37. The van der Waals surface area contributed by atoms with Gasteiger partial charge in [0.25, 0.3) is 0 Å². The molecule has 1 fully saturated rings. The Morgan fingerprint density at radius 1 is 1.35 bits per heavy atom. The third-order valence-electron chi connectivity index (χ3n) is 3.21. The van der Waals surface area contributed by atoms with Crippen LogP contribution in [0.4, 0.5) is 5.69 Å². The van der Waals surface area contributed by atoms with E-state index in [4.69, 9.17) is 5.11 Å². The van der Waals surface area contributed by atoms with Crippen LogP contribution < -0.4 is 4.90 Å². The Hall–Kier alpha value is -1.07. The maximum absolute atomic E-state index is 10.8. The van der Waals surface area contributed by atoms with E-state index in [1.165, 1.54) is 11.3 Å². The van der Waals surface area contributed by atoms with E-state index in [-0.39, 0.29) is 0 Å². The van der Waals surface area contributed by atoms with Gasteiger partial charge in [-0.15, -0.1) is 11.3 Å². The second-order valence-corrected chi connectivity index (χ2v) is 5.50. The minimum atomic E-state index is -0.831. The maximum Gasteiger partial charge on any atom is 0.345 e. The van der Waals surface area contributed by atoms with Crippen molar-refractivity contribution in [2.24, 2.45) is 0 Å². The number of hydrogen-bond acceptors (Lipinski definition) is 4. The van der Waals surface area contributed by atoms with Gasteiger partial charge in [0, 0.05) is 43.3 Å². The van der Waals surface area contributed by atoms with Crippen molar-refractivity contribution >= 4 is 23.0 Å². The smallest absolute Gasteiger partial charge is 0.345 e. The third-order valence-corrected chi connectivity index (χ3v) is 4.11. The molecular formula is C12H18N2O2S. The zero-order chi connectivity index (χ0) is 12.4. The van der Waals surface area contributed by atoms with Crippen LogP contribution in [-0.4, -0.2) is 48.2 Å². The molecule has 1 aromatic heterocycles. The van der Waals surface area contributed by atoms with Crippen LogP contribution in [0.1, 0.15) is 23.5 Å². The van der Waals surface area contributed by atoms with Gasteiger partial charge >= 0.3 is 5.97 Å². The average Bonchev–Trinajstić information content (AvgIpc) is 2.78. The number of aromatic carboxylic acids is 1. The van der Waals surface area contributed by atoms with E-state index in [0.717, 1.165) is 31.9 Å². The number of thiophene rings is 1. The van der Waals surface area contributed by atoms with Gasteiger partial charge in [-0.2, -0.15) is 0 Å². The highest BCUT2D eigenvalue weighted by molar-refractivity contribution is 7.12. The van der Waals surface area contributed by atoms with Crippen molar-refractivity contribution < 1.29 is 9.90 Å². The largest absolute Gasteiger partial charge is 0.477 e. The first-order chi connectivity index (χ1) is 8.08. The Bertz CT molecular complexity index is 395. The molecule has 17 heavy (non-hydrogen) atoms. The summed E-state index contributed by atoms with van der Waals surface area (Å²) in [6.07, 6.45) is 0. The lowest BCUT2D eigenvalue weighted by atomic mass is 10.2. The standard InChI is InChI=1S/C12H18N2O2S/c1-9(2)13-3-5-14(6-4-13)10-7-11(12(15)16)17-8-10/h7-9H,3-6H2,1-2H3,(H,15,16). The first kappa shape index (κ1) is 12.4. The van der Waals surface area contributed by atoms with Crippen LogP contribution in [0, 0.1) is 0 Å². The topological polar surface area (TPSA) is 43.8 Å². The molecule has 2 heterocycles. The van der Waals surface area contributed by atoms with Crippen molar-refractivity contribution in [1.82, 2.24) is 4.90 Å². The number of nitrogens with zero attached hydrogens (tertiary/aromatic N) is 2. The number of piperazine rings is 1. The Balaban J connectivity index is 1.98. The molecule has 94 valence electrons. The number of carboxylic acid groups (broad SMARTS) is 1. The summed E-state index contributed by atoms with van der Waals surface area (Å²) in [5, 5.41) is 10.8. The van der Waals surface area contributed by atoms with Gasteiger partial charge in [-0.3, -0.25) is 4.90 Å². The van der Waals surface area contributed by atoms with E-state index in [9.17, 15) is 4.79 Å². The van der Waals surface area contributed by atoms with E-state index in [1.54, 1.807) is 6.07 Å². The highest BCUT2D eigenvalue weighted by Crippen LogP contribution is 2.24. The highest BCUT2D eigenvalue weighted by Gasteiger charge is 2.20. The monoisotopic (exact) mass is 254 g/mol. The molecule has 1 saturated heterocycles. The fourth-order valence-corrected chi connectivity index (χ4v) is 2.86. The molecule has 4 nitrogen and oxygen atoms in total. The molecule has 0 saturated carbocycles. The molecule has 1 aliphatic heterocycles. The van der Waals surface area contributed by atoms with Crippen molar-refractivity contribution in [1.29, 1.82) is 0 Å². The van der Waals surface area contributed by atoms with Crippen molar-refractivity contribution in [3.8, 4) is 0 Å². The summed E-state index contributed by atoms with van der Waals surface area (Å²) in [5.41, 5.74) is 1.05. The van der Waals surface area contributed by atoms with Crippen molar-refractivity contribution in [3.63, 3.8) is 0 Å². The second-order valence-electron chi connectivity index (χ2n) is 4.59. The van der Waals surface area contributed by atoms with Crippen molar-refractivity contribution in [2.45, 2.75) is 19.9 Å². The first-order valence-corrected chi connectivity index (χ1v) is 6.76. The quantitative estimate of drug-likeness (QED) is 0.895. The number of carboxylic acids is 1. The molecular weight excluding hydrogens is 236 g/mol. The lowest BCUT2D eigenvalue weighted by Crippen LogP contribution is -2.48. The summed E-state index contributed by atoms with van der Waals surface area (Å²) < 4.78 is 0. The predicted octanol–water partition coefficient (Wildman–Crippen LogP) is 1.98. The van der Waals surface area contributed by atoms with Crippen LogP contribution in [0.5, 0.6) is 0 Å². The fraction of sp³-hybridized carbons (Fsp3) is 0.583. The summed E-state index contributed by atoms with van der Waals surface area (Å²) in [6.45, 7) is 8.49. The number of rotatable bonds is 3. The molecule has 0 atom stereocenters. The molecule has 1 aromatic rings. The third kappa shape index (κ3) is 2.79. The van der Waals surface area contributed by atoms with Gasteiger partial charge in [0.15, 0.2) is 0 Å². The molecule has 0 radical (unpaired) electrons. The lowest BCUT2D eigenvalue weighted by Gasteiger charge is -2.37. The van der Waals surface area contributed by atoms with Gasteiger partial charge in [-0.1, -0.05) is 0 Å². The minimum Gasteiger partial charge on any atom is -0.477 e. The van der Waals surface area contributed by atoms with Gasteiger partial charge in [0.1, 0.15) is 4.88 Å². The molecule has 0 amide bonds. The maximum atomic E-state index is 10.8. The van der Waals surface area contributed by atoms with Gasteiger partial charge in [-0.05, 0) is 19.9 Å². The van der Waals surface area contributed by atoms with Crippen LogP contribution in [0.15, 0.2) is 11.4 Å². The van der Waals surface area contributed by atoms with Crippen molar-refractivity contribution in [3.05, 3.63) is 16.3 Å². The van der Waals surface area contributed by atoms with Gasteiger partial charge in [0.2, 0.25) is 0 Å². The van der Waals surface area contributed by atoms with E-state index in [2.05, 4.69) is 23.6 Å². The molecule has 0 spiro atoms. The second kappa shape index (κ2) is 5.06. The van der Waals surface area contributed by atoms with Crippen LogP contribution in [0.2, 0.25) is 0 Å². The molecule has 0 unspecified atom stereocenters. The van der Waals surface area contributed by atoms with Gasteiger partial charge in [0.05, 0.1) is 0 Å². The van der Waals surface area contributed by atoms with Crippen LogP contribution in [0.25, 0.3) is 0 Å². The Kier molecular flexibility index (Phi) is 3.69. The minimum absolute atomic E-state index is 0.422. The summed E-state index contributed by atoms with van der Waals surface area (Å²) >= 11 is 1.30. The van der Waals surface area contributed by atoms with E-state index < -0.39 is 5.97 Å². The molecule has 1 N–H and O–H groups in total. The summed E-state index contributed by atoms with van der Waals surface area (Å²) in [5.74, 6) is -0.831. The Morgan fingerprint density at radius 3 is 2.47 bits per heavy atom. The van der Waals surface area contributed by atoms with E-state index >= 15 is 0 Å². The van der Waals surface area contributed by atoms with E-state index in [1.807, 2.05) is 5.38 Å². The first-order valence-electron chi connectivity index (χ1n) is 5.89. The van der Waals surface area contributed by atoms with Gasteiger partial charge in [-0.25, -0.2) is 4.79 Å². The van der Waals surface area contributed by atoms with Crippen molar-refractivity contribution in [2.75, 3.05) is 31.1 Å². The van der Waals surface area contributed by atoms with E-state index in [0.29, 0.717) is 10.9 Å². The zero-order valence-electron chi connectivity index (χ0n) is 10.2. The molecule has 0 aromatic carbocycles. The number of anilines is 1. The molecule has 2 rings (SSSR count). The zero-order valence-corrected chi connectivity index (χ0v) is 11.0. The normalized spacial score (nSPS) is 17.7. The molecule has 0 aliphatic carbocycles. The van der Waals surface area contributed by atoms with Gasteiger partial charge < -0.3 is 10.0 Å². The number of hydrogen-bond donors (Lipinski definition) is 1. The SMILES string of the molecule is CC(C)N1CCN(c2csc(C(=O)O)c2)CC1. The Labute approximate surface area is 105 Å². The lowest BCUT2D eigenvalue weighted by molar-refractivity contribution is 0.0702. The summed E-state index contributed by atoms with van der Waals surface area (Å²) in [7, 11) is 0. The van der Waals surface area contributed by atoms with Crippen LogP contribution in [-0.2, 0) is 0 Å². The summed E-state index contributed by atoms with van der Waals surface area (Å²) in [4.78, 5) is 16.0. The molecule has 1 aliphatic rings. The molecule has 0 bridgehead atoms. The molecule has 5 heteroatoms. The highest BCUT2D eigenvalue weighted by atomic mass is 32.1. The van der Waals surface area contributed by atoms with Crippen LogP contribution in [0.3, 0.4) is 0 Å². The number of carbonyl (C=O) groups is 1. The van der Waals surface area contributed by atoms with Crippen LogP contribution >= 0.6 is 11.3 Å². The predicted molar refractivity (Wildman–Crippen MR) is 70.2 cm³/mol. The average molecular weight is 254 g/mol.